The Labute approximate surface area is 101 Å². The summed E-state index contributed by atoms with van der Waals surface area (Å²) in [7, 11) is 0. The molecule has 0 aromatic rings. The van der Waals surface area contributed by atoms with Crippen molar-refractivity contribution in [3.8, 4) is 0 Å². The van der Waals surface area contributed by atoms with Crippen LogP contribution in [0.25, 0.3) is 0 Å². The Hall–Kier alpha value is -0.520. The first-order valence-corrected chi connectivity index (χ1v) is 7.15. The van der Waals surface area contributed by atoms with Crippen molar-refractivity contribution in [2.75, 3.05) is 0 Å². The van der Waals surface area contributed by atoms with Gasteiger partial charge in [0.05, 0.1) is 0 Å². The summed E-state index contributed by atoms with van der Waals surface area (Å²) in [5, 5.41) is 0. The van der Waals surface area contributed by atoms with Crippen LogP contribution in [0.15, 0.2) is 23.8 Å². The fraction of sp³-hybridized carbons (Fsp3) is 0.750. The van der Waals surface area contributed by atoms with Crippen LogP contribution in [0.1, 0.15) is 58.8 Å². The van der Waals surface area contributed by atoms with Crippen LogP contribution in [0, 0.1) is 17.8 Å². The first-order valence-electron chi connectivity index (χ1n) is 7.15. The number of rotatable bonds is 0. The van der Waals surface area contributed by atoms with Gasteiger partial charge in [-0.1, -0.05) is 56.9 Å². The summed E-state index contributed by atoms with van der Waals surface area (Å²) >= 11 is 0. The van der Waals surface area contributed by atoms with E-state index in [1.807, 2.05) is 0 Å². The maximum absolute atomic E-state index is 2.45. The SMILES string of the molecule is CC1CC(C)C2CCCCCC/C=C/C=C12. The van der Waals surface area contributed by atoms with E-state index in [0.29, 0.717) is 0 Å². The summed E-state index contributed by atoms with van der Waals surface area (Å²) in [5.41, 5.74) is 1.74. The van der Waals surface area contributed by atoms with Crippen molar-refractivity contribution >= 4 is 0 Å². The average molecular weight is 218 g/mol. The second-order valence-electron chi connectivity index (χ2n) is 5.81. The minimum atomic E-state index is 0.824. The van der Waals surface area contributed by atoms with E-state index < -0.39 is 0 Å². The van der Waals surface area contributed by atoms with Crippen LogP contribution >= 0.6 is 0 Å². The molecule has 0 heteroatoms. The molecule has 1 fully saturated rings. The Bertz CT molecular complexity index is 272. The maximum Gasteiger partial charge on any atom is -0.0171 e. The Kier molecular flexibility index (Phi) is 4.26. The Morgan fingerprint density at radius 2 is 1.88 bits per heavy atom. The van der Waals surface area contributed by atoms with Gasteiger partial charge in [0.25, 0.3) is 0 Å². The van der Waals surface area contributed by atoms with Crippen molar-refractivity contribution in [2.24, 2.45) is 17.8 Å². The number of hydrogen-bond donors (Lipinski definition) is 0. The molecule has 0 aromatic heterocycles. The molecule has 0 amide bonds. The number of allylic oxidation sites excluding steroid dienone is 4. The van der Waals surface area contributed by atoms with Crippen LogP contribution in [0.3, 0.4) is 0 Å². The molecule has 1 saturated carbocycles. The Morgan fingerprint density at radius 3 is 2.75 bits per heavy atom. The van der Waals surface area contributed by atoms with Gasteiger partial charge in [-0.15, -0.1) is 0 Å². The fourth-order valence-corrected chi connectivity index (χ4v) is 3.55. The average Bonchev–Trinajstić information content (AvgIpc) is 2.51. The van der Waals surface area contributed by atoms with Gasteiger partial charge in [-0.2, -0.15) is 0 Å². The van der Waals surface area contributed by atoms with Crippen LogP contribution in [0.5, 0.6) is 0 Å². The molecule has 2 rings (SSSR count). The van der Waals surface area contributed by atoms with E-state index in [-0.39, 0.29) is 0 Å². The van der Waals surface area contributed by atoms with Crippen molar-refractivity contribution in [3.05, 3.63) is 23.8 Å². The zero-order valence-electron chi connectivity index (χ0n) is 10.9. The summed E-state index contributed by atoms with van der Waals surface area (Å²) in [6, 6.07) is 0. The maximum atomic E-state index is 2.45. The lowest BCUT2D eigenvalue weighted by atomic mass is 9.88. The van der Waals surface area contributed by atoms with E-state index >= 15 is 0 Å². The van der Waals surface area contributed by atoms with Crippen LogP contribution in [0.4, 0.5) is 0 Å². The molecule has 0 N–H and O–H groups in total. The third kappa shape index (κ3) is 2.78. The van der Waals surface area contributed by atoms with E-state index in [9.17, 15) is 0 Å². The zero-order valence-corrected chi connectivity index (χ0v) is 10.9. The molecule has 2 aliphatic rings. The summed E-state index contributed by atoms with van der Waals surface area (Å²) in [6.45, 7) is 4.86. The van der Waals surface area contributed by atoms with Crippen molar-refractivity contribution in [2.45, 2.75) is 58.8 Å². The van der Waals surface area contributed by atoms with Gasteiger partial charge >= 0.3 is 0 Å². The summed E-state index contributed by atoms with van der Waals surface area (Å²) in [6.07, 6.45) is 16.9. The van der Waals surface area contributed by atoms with E-state index in [1.54, 1.807) is 5.57 Å². The molecule has 90 valence electrons. The molecule has 2 aliphatic carbocycles. The number of fused-ring (bicyclic) bond motifs is 1. The van der Waals surface area contributed by atoms with Crippen molar-refractivity contribution in [3.63, 3.8) is 0 Å². The van der Waals surface area contributed by atoms with Gasteiger partial charge in [-0.3, -0.25) is 0 Å². The summed E-state index contributed by atoms with van der Waals surface area (Å²) < 4.78 is 0. The van der Waals surface area contributed by atoms with Gasteiger partial charge in [0, 0.05) is 0 Å². The quantitative estimate of drug-likeness (QED) is 0.529. The van der Waals surface area contributed by atoms with E-state index in [4.69, 9.17) is 0 Å². The lowest BCUT2D eigenvalue weighted by Crippen LogP contribution is -2.06. The number of hydrogen-bond acceptors (Lipinski definition) is 0. The molecule has 0 aromatic carbocycles. The normalized spacial score (nSPS) is 38.4. The molecule has 0 aliphatic heterocycles. The highest BCUT2D eigenvalue weighted by atomic mass is 14.4. The predicted molar refractivity (Wildman–Crippen MR) is 71.4 cm³/mol. The van der Waals surface area contributed by atoms with Gasteiger partial charge in [0.1, 0.15) is 0 Å². The smallest absolute Gasteiger partial charge is 0.0171 e. The van der Waals surface area contributed by atoms with Gasteiger partial charge < -0.3 is 0 Å². The second-order valence-corrected chi connectivity index (χ2v) is 5.81. The molecule has 16 heavy (non-hydrogen) atoms. The van der Waals surface area contributed by atoms with Crippen LogP contribution in [-0.2, 0) is 0 Å². The molecular formula is C16H26. The molecule has 0 spiro atoms. The second kappa shape index (κ2) is 5.70. The highest BCUT2D eigenvalue weighted by Gasteiger charge is 2.32. The van der Waals surface area contributed by atoms with Gasteiger partial charge in [-0.25, -0.2) is 0 Å². The van der Waals surface area contributed by atoms with Crippen molar-refractivity contribution in [1.82, 2.24) is 0 Å². The fourth-order valence-electron chi connectivity index (χ4n) is 3.55. The lowest BCUT2D eigenvalue weighted by molar-refractivity contribution is 0.409. The molecule has 0 bridgehead atoms. The molecule has 0 heterocycles. The highest BCUT2D eigenvalue weighted by Crippen LogP contribution is 2.43. The van der Waals surface area contributed by atoms with Crippen molar-refractivity contribution in [1.29, 1.82) is 0 Å². The Morgan fingerprint density at radius 1 is 1.06 bits per heavy atom. The topological polar surface area (TPSA) is 0 Å². The molecule has 0 nitrogen and oxygen atoms in total. The largest absolute Gasteiger partial charge is 0.0845 e. The lowest BCUT2D eigenvalue weighted by Gasteiger charge is -2.17. The predicted octanol–water partition coefficient (Wildman–Crippen LogP) is 5.12. The van der Waals surface area contributed by atoms with E-state index in [0.717, 1.165) is 17.8 Å². The summed E-state index contributed by atoms with van der Waals surface area (Å²) in [4.78, 5) is 0. The monoisotopic (exact) mass is 218 g/mol. The van der Waals surface area contributed by atoms with Crippen LogP contribution in [0.2, 0.25) is 0 Å². The first kappa shape index (κ1) is 12.0. The van der Waals surface area contributed by atoms with E-state index in [2.05, 4.69) is 32.1 Å². The summed E-state index contributed by atoms with van der Waals surface area (Å²) in [5.74, 6) is 2.62. The first-order chi connectivity index (χ1) is 7.79. The minimum Gasteiger partial charge on any atom is -0.0845 e. The van der Waals surface area contributed by atoms with E-state index in [1.165, 1.54) is 44.9 Å². The molecular weight excluding hydrogens is 192 g/mol. The molecule has 0 saturated heterocycles. The van der Waals surface area contributed by atoms with Crippen LogP contribution < -0.4 is 0 Å². The van der Waals surface area contributed by atoms with Gasteiger partial charge in [0.2, 0.25) is 0 Å². The highest BCUT2D eigenvalue weighted by molar-refractivity contribution is 5.22. The minimum absolute atomic E-state index is 0.824. The van der Waals surface area contributed by atoms with Crippen LogP contribution in [-0.4, -0.2) is 0 Å². The Balaban J connectivity index is 2.11. The molecule has 0 radical (unpaired) electrons. The molecule has 3 atom stereocenters. The third-order valence-corrected chi connectivity index (χ3v) is 4.47. The standard InChI is InChI=1S/C16H26/c1-13-12-14(2)16-11-9-7-5-3-4-6-8-10-15(13)16/h6,8,10,13-14,16H,3-5,7,9,11-12H2,1-2H3/b8-6+,15-10?. The molecule has 3 unspecified atom stereocenters. The van der Waals surface area contributed by atoms with Crippen molar-refractivity contribution < 1.29 is 0 Å². The van der Waals surface area contributed by atoms with Gasteiger partial charge in [0.15, 0.2) is 0 Å². The van der Waals surface area contributed by atoms with Gasteiger partial charge in [-0.05, 0) is 43.4 Å². The zero-order chi connectivity index (χ0) is 11.4. The third-order valence-electron chi connectivity index (χ3n) is 4.47.